The van der Waals surface area contributed by atoms with Gasteiger partial charge in [-0.2, -0.15) is 0 Å². The van der Waals surface area contributed by atoms with Crippen molar-refractivity contribution < 1.29 is 9.53 Å². The molecule has 0 atom stereocenters. The van der Waals surface area contributed by atoms with Crippen LogP contribution in [0, 0.1) is 6.92 Å². The molecule has 1 aromatic heterocycles. The number of thiazole rings is 1. The van der Waals surface area contributed by atoms with Crippen LogP contribution in [0.25, 0.3) is 11.3 Å². The average Bonchev–Trinajstić information content (AvgIpc) is 3.29. The molecule has 1 fully saturated rings. The van der Waals surface area contributed by atoms with Crippen molar-refractivity contribution in [2.45, 2.75) is 6.92 Å². The molecule has 1 aliphatic rings. The first-order valence-electron chi connectivity index (χ1n) is 8.36. The van der Waals surface area contributed by atoms with E-state index in [0.29, 0.717) is 27.5 Å². The summed E-state index contributed by atoms with van der Waals surface area (Å²) < 4.78 is 5.36. The molecule has 7 heteroatoms. The predicted molar refractivity (Wildman–Crippen MR) is 112 cm³/mol. The van der Waals surface area contributed by atoms with Gasteiger partial charge in [0.05, 0.1) is 18.6 Å². The Kier molecular flexibility index (Phi) is 4.96. The first kappa shape index (κ1) is 17.8. The van der Waals surface area contributed by atoms with E-state index in [1.54, 1.807) is 12.0 Å². The lowest BCUT2D eigenvalue weighted by molar-refractivity contribution is -0.115. The molecule has 3 aromatic rings. The smallest absolute Gasteiger partial charge is 0.245 e. The lowest BCUT2D eigenvalue weighted by Gasteiger charge is -2.12. The van der Waals surface area contributed by atoms with E-state index in [4.69, 9.17) is 4.74 Å². The molecule has 0 aliphatic carbocycles. The number of hydrogen-bond donors (Lipinski definition) is 0. The van der Waals surface area contributed by atoms with Crippen molar-refractivity contribution in [2.75, 3.05) is 17.8 Å². The van der Waals surface area contributed by atoms with Crippen molar-refractivity contribution in [1.29, 1.82) is 0 Å². The minimum absolute atomic E-state index is 0.0153. The van der Waals surface area contributed by atoms with E-state index >= 15 is 0 Å². The maximum Gasteiger partial charge on any atom is 0.245 e. The fourth-order valence-electron chi connectivity index (χ4n) is 2.68. The molecular weight excluding hydrogens is 378 g/mol. The van der Waals surface area contributed by atoms with Gasteiger partial charge < -0.3 is 4.74 Å². The van der Waals surface area contributed by atoms with Crippen molar-refractivity contribution in [1.82, 2.24) is 4.98 Å². The molecule has 27 heavy (non-hydrogen) atoms. The maximum absolute atomic E-state index is 12.5. The summed E-state index contributed by atoms with van der Waals surface area (Å²) in [5.74, 6) is 1.01. The standard InChI is InChI=1S/C20H17N3O2S2/c1-13-7-9-14(10-8-13)16-11-26-20(22-16)23-18(24)12-27-19(23)21-15-5-3-4-6-17(15)25-2/h3-11H,12H2,1-2H3. The minimum atomic E-state index is -0.0153. The second-order valence-corrected chi connectivity index (χ2v) is 7.74. The number of amides is 1. The number of hydrogen-bond acceptors (Lipinski definition) is 6. The number of rotatable bonds is 4. The van der Waals surface area contributed by atoms with Crippen molar-refractivity contribution in [3.8, 4) is 17.0 Å². The van der Waals surface area contributed by atoms with Crippen molar-refractivity contribution >= 4 is 45.0 Å². The van der Waals surface area contributed by atoms with Crippen LogP contribution in [-0.2, 0) is 4.79 Å². The number of carbonyl (C=O) groups excluding carboxylic acids is 1. The number of amidine groups is 1. The topological polar surface area (TPSA) is 54.8 Å². The molecular formula is C20H17N3O2S2. The predicted octanol–water partition coefficient (Wildman–Crippen LogP) is 4.89. The van der Waals surface area contributed by atoms with E-state index in [1.165, 1.54) is 28.7 Å². The summed E-state index contributed by atoms with van der Waals surface area (Å²) in [4.78, 5) is 23.4. The van der Waals surface area contributed by atoms with Gasteiger partial charge in [0, 0.05) is 10.9 Å². The maximum atomic E-state index is 12.5. The number of aryl methyl sites for hydroxylation is 1. The van der Waals surface area contributed by atoms with Gasteiger partial charge in [0.2, 0.25) is 5.91 Å². The Hall–Kier alpha value is -2.64. The van der Waals surface area contributed by atoms with Crippen molar-refractivity contribution in [2.24, 2.45) is 4.99 Å². The van der Waals surface area contributed by atoms with Crippen molar-refractivity contribution in [3.05, 3.63) is 59.5 Å². The Labute approximate surface area is 165 Å². The summed E-state index contributed by atoms with van der Waals surface area (Å²) >= 11 is 2.85. The number of nitrogens with zero attached hydrogens (tertiary/aromatic N) is 3. The van der Waals surface area contributed by atoms with Crippen LogP contribution in [0.15, 0.2) is 58.9 Å². The molecule has 0 unspecified atom stereocenters. The van der Waals surface area contributed by atoms with Gasteiger partial charge in [0.15, 0.2) is 10.3 Å². The first-order valence-corrected chi connectivity index (χ1v) is 10.2. The lowest BCUT2D eigenvalue weighted by Crippen LogP contribution is -2.28. The van der Waals surface area contributed by atoms with Crippen LogP contribution in [-0.4, -0.2) is 28.9 Å². The molecule has 1 amide bonds. The zero-order valence-electron chi connectivity index (χ0n) is 14.9. The average molecular weight is 396 g/mol. The van der Waals surface area contributed by atoms with Crippen LogP contribution >= 0.6 is 23.1 Å². The fraction of sp³-hybridized carbons (Fsp3) is 0.150. The van der Waals surface area contributed by atoms with Crippen LogP contribution < -0.4 is 9.64 Å². The summed E-state index contributed by atoms with van der Waals surface area (Å²) in [6.45, 7) is 2.05. The Bertz CT molecular complexity index is 1010. The minimum Gasteiger partial charge on any atom is -0.494 e. The van der Waals surface area contributed by atoms with Gasteiger partial charge in [-0.25, -0.2) is 14.9 Å². The molecule has 1 aliphatic heterocycles. The van der Waals surface area contributed by atoms with Gasteiger partial charge in [-0.3, -0.25) is 4.79 Å². The Morgan fingerprint density at radius 2 is 1.93 bits per heavy atom. The second kappa shape index (κ2) is 7.54. The third-order valence-corrected chi connectivity index (χ3v) is 5.85. The van der Waals surface area contributed by atoms with E-state index in [1.807, 2.05) is 41.8 Å². The Morgan fingerprint density at radius 1 is 1.15 bits per heavy atom. The van der Waals surface area contributed by atoms with Gasteiger partial charge in [0.25, 0.3) is 0 Å². The molecule has 2 aromatic carbocycles. The summed E-state index contributed by atoms with van der Waals surface area (Å²) in [7, 11) is 1.61. The third-order valence-electron chi connectivity index (χ3n) is 4.10. The second-order valence-electron chi connectivity index (χ2n) is 5.97. The zero-order valence-corrected chi connectivity index (χ0v) is 16.5. The SMILES string of the molecule is COc1ccccc1N=C1SCC(=O)N1c1nc(-c2ccc(C)cc2)cs1. The number of benzene rings is 2. The van der Waals surface area contributed by atoms with Crippen LogP contribution in [0.3, 0.4) is 0 Å². The molecule has 0 spiro atoms. The third kappa shape index (κ3) is 3.61. The summed E-state index contributed by atoms with van der Waals surface area (Å²) in [6.07, 6.45) is 0. The monoisotopic (exact) mass is 395 g/mol. The number of ether oxygens (including phenoxy) is 1. The molecule has 136 valence electrons. The van der Waals surface area contributed by atoms with Crippen LogP contribution in [0.5, 0.6) is 5.75 Å². The van der Waals surface area contributed by atoms with E-state index in [-0.39, 0.29) is 5.91 Å². The van der Waals surface area contributed by atoms with Gasteiger partial charge in [0.1, 0.15) is 11.4 Å². The number of anilines is 1. The summed E-state index contributed by atoms with van der Waals surface area (Å²) in [6, 6.07) is 15.7. The largest absolute Gasteiger partial charge is 0.494 e. The quantitative estimate of drug-likeness (QED) is 0.631. The van der Waals surface area contributed by atoms with Gasteiger partial charge >= 0.3 is 0 Å². The molecule has 0 radical (unpaired) electrons. The number of methoxy groups -OCH3 is 1. The van der Waals surface area contributed by atoms with Crippen LogP contribution in [0.4, 0.5) is 10.8 Å². The van der Waals surface area contributed by atoms with E-state index in [2.05, 4.69) is 29.0 Å². The highest BCUT2D eigenvalue weighted by Crippen LogP contribution is 2.35. The number of aromatic nitrogens is 1. The number of carbonyl (C=O) groups is 1. The molecule has 2 heterocycles. The van der Waals surface area contributed by atoms with Gasteiger partial charge in [-0.1, -0.05) is 53.7 Å². The van der Waals surface area contributed by atoms with Crippen LogP contribution in [0.1, 0.15) is 5.56 Å². The number of thioether (sulfide) groups is 1. The van der Waals surface area contributed by atoms with E-state index in [9.17, 15) is 4.79 Å². The molecule has 0 saturated carbocycles. The van der Waals surface area contributed by atoms with E-state index in [0.717, 1.165) is 11.3 Å². The zero-order chi connectivity index (χ0) is 18.8. The number of aliphatic imine (C=N–C) groups is 1. The molecule has 0 N–H and O–H groups in total. The highest BCUT2D eigenvalue weighted by atomic mass is 32.2. The highest BCUT2D eigenvalue weighted by molar-refractivity contribution is 8.15. The summed E-state index contributed by atoms with van der Waals surface area (Å²) in [5.41, 5.74) is 3.78. The highest BCUT2D eigenvalue weighted by Gasteiger charge is 2.32. The van der Waals surface area contributed by atoms with Crippen LogP contribution in [0.2, 0.25) is 0 Å². The Balaban J connectivity index is 1.68. The van der Waals surface area contributed by atoms with Gasteiger partial charge in [-0.15, -0.1) is 11.3 Å². The lowest BCUT2D eigenvalue weighted by atomic mass is 10.1. The Morgan fingerprint density at radius 3 is 2.70 bits per heavy atom. The van der Waals surface area contributed by atoms with Crippen molar-refractivity contribution in [3.63, 3.8) is 0 Å². The molecule has 5 nitrogen and oxygen atoms in total. The molecule has 4 rings (SSSR count). The molecule has 0 bridgehead atoms. The normalized spacial score (nSPS) is 15.6. The van der Waals surface area contributed by atoms with E-state index < -0.39 is 0 Å². The summed E-state index contributed by atoms with van der Waals surface area (Å²) in [5, 5.41) is 3.22. The van der Waals surface area contributed by atoms with Gasteiger partial charge in [-0.05, 0) is 19.1 Å². The molecule has 1 saturated heterocycles. The fourth-order valence-corrected chi connectivity index (χ4v) is 4.45. The number of para-hydroxylation sites is 2. The first-order chi connectivity index (χ1) is 13.2.